The van der Waals surface area contributed by atoms with E-state index in [1.807, 2.05) is 18.7 Å². The fourth-order valence-corrected chi connectivity index (χ4v) is 3.07. The number of nitrogens with zero attached hydrogens (tertiary/aromatic N) is 1. The first-order valence-corrected chi connectivity index (χ1v) is 10.8. The predicted molar refractivity (Wildman–Crippen MR) is 108 cm³/mol. The number of rotatable bonds is 18. The summed E-state index contributed by atoms with van der Waals surface area (Å²) in [6.07, 6.45) is 19.1. The van der Waals surface area contributed by atoms with Crippen molar-refractivity contribution in [3.8, 4) is 0 Å². The van der Waals surface area contributed by atoms with E-state index in [0.717, 1.165) is 25.3 Å². The van der Waals surface area contributed by atoms with Gasteiger partial charge in [0.05, 0.1) is 20.6 Å². The molecule has 0 saturated heterocycles. The minimum atomic E-state index is -0.911. The first-order chi connectivity index (χ1) is 12.5. The van der Waals surface area contributed by atoms with E-state index in [9.17, 15) is 9.90 Å². The lowest BCUT2D eigenvalue weighted by atomic mass is 10.0. The van der Waals surface area contributed by atoms with Gasteiger partial charge < -0.3 is 9.90 Å². The summed E-state index contributed by atoms with van der Waals surface area (Å²) >= 11 is 0. The number of aliphatic carboxylic acids is 1. The summed E-state index contributed by atoms with van der Waals surface area (Å²) in [5, 5.41) is 13.5. The van der Waals surface area contributed by atoms with Crippen molar-refractivity contribution in [3.05, 3.63) is 0 Å². The van der Waals surface area contributed by atoms with Crippen molar-refractivity contribution >= 4 is 11.9 Å². The third kappa shape index (κ3) is 19.1. The smallest absolute Gasteiger partial charge is 0.342 e. The monoisotopic (exact) mass is 369 g/mol. The van der Waals surface area contributed by atoms with Crippen LogP contribution < -0.4 is 16.2 Å². The van der Waals surface area contributed by atoms with E-state index >= 15 is 0 Å². The van der Waals surface area contributed by atoms with Gasteiger partial charge in [0.2, 0.25) is 0 Å². The molecule has 0 aromatic carbocycles. The normalized spacial score (nSPS) is 10.7. The van der Waals surface area contributed by atoms with Gasteiger partial charge in [-0.25, -0.2) is 0 Å². The van der Waals surface area contributed by atoms with Crippen LogP contribution in [-0.4, -0.2) is 37.1 Å². The number of nitrogens with two attached hydrogens (primary N) is 1. The molecule has 5 heteroatoms. The van der Waals surface area contributed by atoms with Crippen LogP contribution in [0.25, 0.3) is 0 Å². The molecule has 0 aliphatic carbocycles. The van der Waals surface area contributed by atoms with Crippen LogP contribution in [0.15, 0.2) is 0 Å². The Labute approximate surface area is 161 Å². The summed E-state index contributed by atoms with van der Waals surface area (Å²) in [7, 11) is 3.90. The average Bonchev–Trinajstić information content (AvgIpc) is 2.60. The van der Waals surface area contributed by atoms with E-state index in [0.29, 0.717) is 0 Å². The number of carbonyl (C=O) groups is 1. The van der Waals surface area contributed by atoms with Gasteiger partial charge in [-0.3, -0.25) is 15.6 Å². The van der Waals surface area contributed by atoms with Crippen molar-refractivity contribution in [2.75, 3.05) is 20.6 Å². The van der Waals surface area contributed by atoms with Crippen molar-refractivity contribution < 1.29 is 14.5 Å². The summed E-state index contributed by atoms with van der Waals surface area (Å²) in [6, 6.07) is 0. The molecule has 0 rings (SSSR count). The Morgan fingerprint density at radius 2 is 1.08 bits per heavy atom. The lowest BCUT2D eigenvalue weighted by molar-refractivity contribution is -0.467. The van der Waals surface area contributed by atoms with Gasteiger partial charge >= 0.3 is 5.96 Å². The van der Waals surface area contributed by atoms with Crippen LogP contribution in [0.3, 0.4) is 0 Å². The lowest BCUT2D eigenvalue weighted by Gasteiger charge is -2.04. The number of guanidine groups is 1. The van der Waals surface area contributed by atoms with E-state index in [-0.39, 0.29) is 6.42 Å². The Morgan fingerprint density at radius 1 is 0.731 bits per heavy atom. The fourth-order valence-electron chi connectivity index (χ4n) is 3.07. The van der Waals surface area contributed by atoms with E-state index < -0.39 is 5.97 Å². The van der Waals surface area contributed by atoms with Gasteiger partial charge in [0, 0.05) is 5.97 Å². The minimum absolute atomic E-state index is 0.223. The first-order valence-electron chi connectivity index (χ1n) is 10.8. The standard InChI is InChI=1S/C21H43N3O2/c1-24(2)21(22)23-19-17-15-13-11-9-7-5-3-4-6-8-10-12-14-16-18-20(25)26/h3-19H2,1-2H3,(H3,22,23,25,26). The Balaban J connectivity index is 3.09. The Bertz CT molecular complexity index is 366. The third-order valence-electron chi connectivity index (χ3n) is 4.85. The van der Waals surface area contributed by atoms with Crippen LogP contribution in [0.4, 0.5) is 0 Å². The molecule has 0 spiro atoms. The maximum Gasteiger partial charge on any atom is 0.342 e. The molecule has 5 nitrogen and oxygen atoms in total. The highest BCUT2D eigenvalue weighted by molar-refractivity contribution is 5.72. The zero-order chi connectivity index (χ0) is 19.5. The molecule has 0 aromatic rings. The molecule has 0 aliphatic rings. The molecule has 0 bridgehead atoms. The van der Waals surface area contributed by atoms with Gasteiger partial charge in [0.1, 0.15) is 0 Å². The summed E-state index contributed by atoms with van der Waals surface area (Å²) < 4.78 is 1.90. The number of carbonyl (C=O) groups excluding carboxylic acids is 1. The Hall–Kier alpha value is -1.26. The molecular formula is C21H43N3O2. The van der Waals surface area contributed by atoms with Gasteiger partial charge in [-0.2, -0.15) is 0 Å². The van der Waals surface area contributed by atoms with Crippen molar-refractivity contribution in [3.63, 3.8) is 0 Å². The number of nitrogens with one attached hydrogen (secondary N) is 1. The van der Waals surface area contributed by atoms with E-state index in [1.54, 1.807) is 0 Å². The van der Waals surface area contributed by atoms with E-state index in [1.165, 1.54) is 83.5 Å². The van der Waals surface area contributed by atoms with Gasteiger partial charge in [-0.15, -0.1) is 0 Å². The topological polar surface area (TPSA) is 81.2 Å². The molecule has 0 aromatic heterocycles. The predicted octanol–water partition coefficient (Wildman–Crippen LogP) is 3.15. The summed E-state index contributed by atoms with van der Waals surface area (Å²) in [6.45, 7) is 0.973. The first kappa shape index (κ1) is 24.7. The van der Waals surface area contributed by atoms with Crippen LogP contribution in [-0.2, 0) is 4.79 Å². The van der Waals surface area contributed by atoms with E-state index in [2.05, 4.69) is 5.32 Å². The molecule has 0 aliphatic heterocycles. The van der Waals surface area contributed by atoms with Crippen molar-refractivity contribution in [2.45, 2.75) is 103 Å². The zero-order valence-corrected chi connectivity index (χ0v) is 17.4. The molecule has 0 heterocycles. The molecule has 154 valence electrons. The Kier molecular flexibility index (Phi) is 17.6. The minimum Gasteiger partial charge on any atom is -0.550 e. The van der Waals surface area contributed by atoms with Gasteiger partial charge in [-0.05, 0) is 19.3 Å². The largest absolute Gasteiger partial charge is 0.550 e. The van der Waals surface area contributed by atoms with Crippen LogP contribution in [0.5, 0.6) is 0 Å². The summed E-state index contributed by atoms with van der Waals surface area (Å²) in [4.78, 5) is 10.3. The molecule has 0 atom stereocenters. The van der Waals surface area contributed by atoms with Gasteiger partial charge in [0.15, 0.2) is 0 Å². The number of hydrogen-bond acceptors (Lipinski definition) is 2. The van der Waals surface area contributed by atoms with Crippen LogP contribution >= 0.6 is 0 Å². The van der Waals surface area contributed by atoms with Crippen LogP contribution in [0.1, 0.15) is 103 Å². The maximum atomic E-state index is 10.3. The number of unbranched alkanes of at least 4 members (excludes halogenated alkanes) is 14. The molecular weight excluding hydrogens is 326 g/mol. The second-order valence-corrected chi connectivity index (χ2v) is 7.63. The van der Waals surface area contributed by atoms with Gasteiger partial charge in [-0.1, -0.05) is 83.5 Å². The highest BCUT2D eigenvalue weighted by Crippen LogP contribution is 2.13. The zero-order valence-electron chi connectivity index (χ0n) is 17.4. The highest BCUT2D eigenvalue weighted by Gasteiger charge is 1.99. The molecule has 3 N–H and O–H groups in total. The maximum absolute atomic E-state index is 10.3. The molecule has 0 fully saturated rings. The SMILES string of the molecule is C[N+](C)=C(N)NCCCCCCCCCCCCCCCCCC(=O)[O-]. The Morgan fingerprint density at radius 3 is 1.42 bits per heavy atom. The molecule has 26 heavy (non-hydrogen) atoms. The third-order valence-corrected chi connectivity index (χ3v) is 4.85. The van der Waals surface area contributed by atoms with Gasteiger partial charge in [0.25, 0.3) is 0 Å². The highest BCUT2D eigenvalue weighted by atomic mass is 16.4. The molecule has 0 unspecified atom stereocenters. The van der Waals surface area contributed by atoms with E-state index in [4.69, 9.17) is 5.73 Å². The second-order valence-electron chi connectivity index (χ2n) is 7.63. The number of carboxylic acid groups (broad SMARTS) is 1. The van der Waals surface area contributed by atoms with Crippen LogP contribution in [0.2, 0.25) is 0 Å². The van der Waals surface area contributed by atoms with Crippen molar-refractivity contribution in [1.82, 2.24) is 5.32 Å². The fraction of sp³-hybridized carbons (Fsp3) is 0.905. The van der Waals surface area contributed by atoms with Crippen LogP contribution in [0, 0.1) is 0 Å². The lowest BCUT2D eigenvalue weighted by Crippen LogP contribution is -2.38. The average molecular weight is 370 g/mol. The second kappa shape index (κ2) is 18.5. The van der Waals surface area contributed by atoms with Crippen molar-refractivity contribution in [1.29, 1.82) is 0 Å². The number of hydrogen-bond donors (Lipinski definition) is 2. The molecule has 0 amide bonds. The molecule has 0 radical (unpaired) electrons. The quantitative estimate of drug-likeness (QED) is 0.168. The summed E-state index contributed by atoms with van der Waals surface area (Å²) in [5.74, 6) is -0.161. The number of carboxylic acids is 1. The molecule has 0 saturated carbocycles. The summed E-state index contributed by atoms with van der Waals surface area (Å²) in [5.41, 5.74) is 5.80. The van der Waals surface area contributed by atoms with Crippen molar-refractivity contribution in [2.24, 2.45) is 5.73 Å².